The van der Waals surface area contributed by atoms with Crippen molar-refractivity contribution in [3.63, 3.8) is 0 Å². The van der Waals surface area contributed by atoms with Crippen LogP contribution in [0.25, 0.3) is 0 Å². The number of esters is 1. The number of carbonyl (C=O) groups is 2. The summed E-state index contributed by atoms with van der Waals surface area (Å²) in [5.74, 6) is -1.18. The largest absolute Gasteiger partial charge is 0.507 e. The Bertz CT molecular complexity index is 734. The molecule has 0 radical (unpaired) electrons. The minimum absolute atomic E-state index is 0.115. The fourth-order valence-corrected chi connectivity index (χ4v) is 3.01. The number of fused-ring (bicyclic) bond motifs is 1. The van der Waals surface area contributed by atoms with Gasteiger partial charge in [-0.1, -0.05) is 6.08 Å². The second-order valence-corrected chi connectivity index (χ2v) is 5.89. The maximum absolute atomic E-state index is 11.9. The molecule has 1 aromatic rings. The van der Waals surface area contributed by atoms with Crippen LogP contribution in [0, 0.1) is 6.92 Å². The van der Waals surface area contributed by atoms with E-state index in [2.05, 4.69) is 0 Å². The van der Waals surface area contributed by atoms with Crippen molar-refractivity contribution in [1.82, 2.24) is 0 Å². The topological polar surface area (TPSA) is 102 Å². The summed E-state index contributed by atoms with van der Waals surface area (Å²) in [6.45, 7) is 3.68. The number of benzene rings is 1. The first-order valence-corrected chi connectivity index (χ1v) is 7.81. The van der Waals surface area contributed by atoms with Gasteiger partial charge in [-0.05, 0) is 31.4 Å². The van der Waals surface area contributed by atoms with E-state index >= 15 is 0 Å². The number of aliphatic carboxylic acids is 1. The molecule has 0 aromatic heterocycles. The predicted molar refractivity (Wildman–Crippen MR) is 89.0 cm³/mol. The van der Waals surface area contributed by atoms with Crippen molar-refractivity contribution in [2.45, 2.75) is 39.4 Å². The lowest BCUT2D eigenvalue weighted by Gasteiger charge is -2.17. The Kier molecular flexibility index (Phi) is 5.69. The van der Waals surface area contributed by atoms with Gasteiger partial charge in [0.05, 0.1) is 19.6 Å². The van der Waals surface area contributed by atoms with Crippen LogP contribution in [-0.4, -0.2) is 42.5 Å². The highest BCUT2D eigenvalue weighted by molar-refractivity contribution is 5.98. The van der Waals surface area contributed by atoms with Gasteiger partial charge >= 0.3 is 11.9 Å². The van der Waals surface area contributed by atoms with Crippen molar-refractivity contribution >= 4 is 11.9 Å². The van der Waals surface area contributed by atoms with Crippen molar-refractivity contribution in [2.75, 3.05) is 14.2 Å². The molecule has 0 amide bonds. The van der Waals surface area contributed by atoms with Gasteiger partial charge in [-0.2, -0.15) is 0 Å². The number of cyclic esters (lactones) is 1. The average Bonchev–Trinajstić information content (AvgIpc) is 2.96. The molecule has 1 aliphatic heterocycles. The third-order valence-corrected chi connectivity index (χ3v) is 4.43. The number of carboxylic acid groups (broad SMARTS) is 1. The summed E-state index contributed by atoms with van der Waals surface area (Å²) in [5.41, 5.74) is 2.72. The summed E-state index contributed by atoms with van der Waals surface area (Å²) in [7, 11) is 2.94. The highest BCUT2D eigenvalue weighted by Gasteiger charge is 2.31. The van der Waals surface area contributed by atoms with Crippen LogP contribution in [0.15, 0.2) is 11.6 Å². The number of carboxylic acids is 1. The Morgan fingerprint density at radius 2 is 2.08 bits per heavy atom. The van der Waals surface area contributed by atoms with Gasteiger partial charge in [0.2, 0.25) is 0 Å². The zero-order valence-electron chi connectivity index (χ0n) is 14.7. The molecule has 1 unspecified atom stereocenters. The molecule has 1 heterocycles. The van der Waals surface area contributed by atoms with E-state index in [0.29, 0.717) is 22.4 Å². The molecule has 0 saturated heterocycles. The van der Waals surface area contributed by atoms with E-state index in [9.17, 15) is 14.7 Å². The zero-order valence-corrected chi connectivity index (χ0v) is 14.7. The highest BCUT2D eigenvalue weighted by atomic mass is 16.5. The zero-order chi connectivity index (χ0) is 18.7. The van der Waals surface area contributed by atoms with Crippen LogP contribution < -0.4 is 4.74 Å². The van der Waals surface area contributed by atoms with Crippen LogP contribution in [0.3, 0.4) is 0 Å². The fraction of sp³-hybridized carbons (Fsp3) is 0.444. The molecule has 1 atom stereocenters. The van der Waals surface area contributed by atoms with Crippen LogP contribution in [0.2, 0.25) is 0 Å². The van der Waals surface area contributed by atoms with Gasteiger partial charge in [-0.25, -0.2) is 4.79 Å². The van der Waals surface area contributed by atoms with Crippen LogP contribution in [-0.2, 0) is 27.3 Å². The van der Waals surface area contributed by atoms with E-state index in [0.717, 1.165) is 5.56 Å². The lowest BCUT2D eigenvalue weighted by Crippen LogP contribution is -2.17. The Balaban J connectivity index is 2.41. The molecule has 1 aliphatic rings. The maximum Gasteiger partial charge on any atom is 0.342 e. The third kappa shape index (κ3) is 3.61. The summed E-state index contributed by atoms with van der Waals surface area (Å²) in [5, 5.41) is 19.5. The number of carbonyl (C=O) groups excluding carboxylic acids is 1. The van der Waals surface area contributed by atoms with Crippen LogP contribution in [0.4, 0.5) is 0 Å². The molecule has 2 N–H and O–H groups in total. The number of phenols is 1. The van der Waals surface area contributed by atoms with E-state index in [1.165, 1.54) is 14.2 Å². The molecule has 136 valence electrons. The highest BCUT2D eigenvalue weighted by Crippen LogP contribution is 2.42. The third-order valence-electron chi connectivity index (χ3n) is 4.43. The number of aromatic hydroxyl groups is 1. The molecule has 0 spiro atoms. The maximum atomic E-state index is 11.9. The Labute approximate surface area is 145 Å². The summed E-state index contributed by atoms with van der Waals surface area (Å²) < 4.78 is 15.6. The number of methoxy groups -OCH3 is 2. The van der Waals surface area contributed by atoms with Crippen molar-refractivity contribution in [2.24, 2.45) is 0 Å². The van der Waals surface area contributed by atoms with Crippen LogP contribution in [0.1, 0.15) is 40.4 Å². The molecule has 2 rings (SSSR count). The van der Waals surface area contributed by atoms with Gasteiger partial charge in [-0.3, -0.25) is 4.79 Å². The minimum Gasteiger partial charge on any atom is -0.507 e. The minimum atomic E-state index is -0.962. The molecule has 0 fully saturated rings. The fourth-order valence-electron chi connectivity index (χ4n) is 3.01. The number of hydrogen-bond donors (Lipinski definition) is 2. The first-order valence-electron chi connectivity index (χ1n) is 7.81. The van der Waals surface area contributed by atoms with E-state index in [-0.39, 0.29) is 30.8 Å². The monoisotopic (exact) mass is 350 g/mol. The standard InChI is InChI=1S/C18H22O7/c1-9(13(23-3)7-14(19)20)5-6-11-16(21)15-12(8-25-18(15)22)10(2)17(11)24-4/h5,13,21H,6-8H2,1-4H3,(H,19,20)/b9-5+. The first-order chi connectivity index (χ1) is 11.8. The van der Waals surface area contributed by atoms with E-state index in [1.54, 1.807) is 13.0 Å². The Morgan fingerprint density at radius 1 is 1.40 bits per heavy atom. The van der Waals surface area contributed by atoms with E-state index < -0.39 is 18.0 Å². The van der Waals surface area contributed by atoms with Gasteiger partial charge in [0, 0.05) is 18.2 Å². The predicted octanol–water partition coefficient (Wildman–Crippen LogP) is 2.36. The second-order valence-electron chi connectivity index (χ2n) is 5.89. The summed E-state index contributed by atoms with van der Waals surface area (Å²) in [4.78, 5) is 22.8. The number of ether oxygens (including phenoxy) is 3. The SMILES string of the molecule is COc1c(C)c2c(c(O)c1C/C=C(\C)C(CC(=O)O)OC)C(=O)OC2. The lowest BCUT2D eigenvalue weighted by molar-refractivity contribution is -0.139. The van der Waals surface area contributed by atoms with E-state index in [1.807, 2.05) is 6.92 Å². The normalized spacial score (nSPS) is 14.9. The van der Waals surface area contributed by atoms with Gasteiger partial charge in [-0.15, -0.1) is 0 Å². The van der Waals surface area contributed by atoms with Crippen molar-refractivity contribution < 1.29 is 34.0 Å². The Morgan fingerprint density at radius 3 is 2.64 bits per heavy atom. The number of hydrogen-bond acceptors (Lipinski definition) is 6. The van der Waals surface area contributed by atoms with Crippen LogP contribution >= 0.6 is 0 Å². The summed E-state index contributed by atoms with van der Waals surface area (Å²) in [6.07, 6.45) is 1.31. The quantitative estimate of drug-likeness (QED) is 0.575. The van der Waals surface area contributed by atoms with E-state index in [4.69, 9.17) is 19.3 Å². The molecule has 1 aromatic carbocycles. The first kappa shape index (κ1) is 18.8. The average molecular weight is 350 g/mol. The molecule has 7 nitrogen and oxygen atoms in total. The molecular weight excluding hydrogens is 328 g/mol. The smallest absolute Gasteiger partial charge is 0.342 e. The number of allylic oxidation sites excluding steroid dienone is 1. The number of rotatable bonds is 7. The molecule has 0 saturated carbocycles. The van der Waals surface area contributed by atoms with Gasteiger partial charge in [0.15, 0.2) is 0 Å². The molecular formula is C18H22O7. The van der Waals surface area contributed by atoms with Gasteiger partial charge in [0.1, 0.15) is 23.7 Å². The lowest BCUT2D eigenvalue weighted by atomic mass is 9.94. The summed E-state index contributed by atoms with van der Waals surface area (Å²) >= 11 is 0. The van der Waals surface area contributed by atoms with Crippen LogP contribution in [0.5, 0.6) is 11.5 Å². The summed E-state index contributed by atoms with van der Waals surface area (Å²) in [6, 6.07) is 0. The molecule has 7 heteroatoms. The van der Waals surface area contributed by atoms with Crippen molar-refractivity contribution in [3.8, 4) is 11.5 Å². The molecule has 25 heavy (non-hydrogen) atoms. The molecule has 0 bridgehead atoms. The molecule has 0 aliphatic carbocycles. The van der Waals surface area contributed by atoms with Crippen molar-refractivity contribution in [1.29, 1.82) is 0 Å². The second kappa shape index (κ2) is 7.57. The van der Waals surface area contributed by atoms with Gasteiger partial charge < -0.3 is 24.4 Å². The number of phenolic OH excluding ortho intramolecular Hbond substituents is 1. The Hall–Kier alpha value is -2.54. The van der Waals surface area contributed by atoms with Crippen molar-refractivity contribution in [3.05, 3.63) is 33.9 Å². The van der Waals surface area contributed by atoms with Gasteiger partial charge in [0.25, 0.3) is 0 Å².